The van der Waals surface area contributed by atoms with Crippen LogP contribution in [0.15, 0.2) is 18.2 Å². The predicted octanol–water partition coefficient (Wildman–Crippen LogP) is 1.02. The number of ether oxygens (including phenoxy) is 1. The maximum atomic E-state index is 10.9. The molecule has 2 atom stereocenters. The number of hydrogen-bond donors (Lipinski definition) is 3. The summed E-state index contributed by atoms with van der Waals surface area (Å²) in [6, 6.07) is 3.51. The second-order valence-corrected chi connectivity index (χ2v) is 3.93. The van der Waals surface area contributed by atoms with Crippen LogP contribution in [0.3, 0.4) is 0 Å². The molecule has 0 aromatic heterocycles. The summed E-state index contributed by atoms with van der Waals surface area (Å²) in [4.78, 5) is 10.9. The molecule has 5 nitrogen and oxygen atoms in total. The molecule has 0 saturated heterocycles. The molecule has 0 bridgehead atoms. The first-order chi connectivity index (χ1) is 8.01. The SMILES string of the molecule is CNC(c1ccc(OC)c(Cl)c1)C(N)C(=O)O. The van der Waals surface area contributed by atoms with E-state index < -0.39 is 18.1 Å². The number of carbonyl (C=O) groups is 1. The molecule has 0 aliphatic rings. The summed E-state index contributed by atoms with van der Waals surface area (Å²) in [5.41, 5.74) is 6.29. The molecule has 0 aliphatic carbocycles. The van der Waals surface area contributed by atoms with Gasteiger partial charge in [0.2, 0.25) is 0 Å². The number of carboxylic acids is 1. The average molecular weight is 259 g/mol. The zero-order valence-electron chi connectivity index (χ0n) is 9.61. The van der Waals surface area contributed by atoms with Gasteiger partial charge in [-0.15, -0.1) is 0 Å². The molecular formula is C11H15ClN2O3. The second kappa shape index (κ2) is 5.86. The molecule has 0 heterocycles. The summed E-state index contributed by atoms with van der Waals surface area (Å²) >= 11 is 5.97. The van der Waals surface area contributed by atoms with Crippen LogP contribution in [0.25, 0.3) is 0 Å². The van der Waals surface area contributed by atoms with Gasteiger partial charge in [-0.2, -0.15) is 0 Å². The molecule has 0 saturated carbocycles. The van der Waals surface area contributed by atoms with Gasteiger partial charge in [0.05, 0.1) is 18.2 Å². The van der Waals surface area contributed by atoms with Crippen molar-refractivity contribution in [1.82, 2.24) is 5.32 Å². The van der Waals surface area contributed by atoms with Crippen LogP contribution in [0.2, 0.25) is 5.02 Å². The Morgan fingerprint density at radius 2 is 2.24 bits per heavy atom. The Hall–Kier alpha value is -1.30. The van der Waals surface area contributed by atoms with Crippen molar-refractivity contribution in [3.63, 3.8) is 0 Å². The van der Waals surface area contributed by atoms with E-state index in [9.17, 15) is 4.79 Å². The first-order valence-corrected chi connectivity index (χ1v) is 5.38. The Balaban J connectivity index is 3.04. The first kappa shape index (κ1) is 13.8. The van der Waals surface area contributed by atoms with Crippen molar-refractivity contribution in [3.8, 4) is 5.75 Å². The van der Waals surface area contributed by atoms with E-state index in [1.54, 1.807) is 25.2 Å². The van der Waals surface area contributed by atoms with Crippen LogP contribution in [0.4, 0.5) is 0 Å². The van der Waals surface area contributed by atoms with Gasteiger partial charge in [-0.3, -0.25) is 4.79 Å². The number of aliphatic carboxylic acids is 1. The van der Waals surface area contributed by atoms with Crippen molar-refractivity contribution in [2.75, 3.05) is 14.2 Å². The lowest BCUT2D eigenvalue weighted by atomic mass is 10.00. The number of carboxylic acid groups (broad SMARTS) is 1. The summed E-state index contributed by atoms with van der Waals surface area (Å²) < 4.78 is 5.02. The van der Waals surface area contributed by atoms with Gasteiger partial charge in [0.1, 0.15) is 11.8 Å². The van der Waals surface area contributed by atoms with Crippen LogP contribution in [0.5, 0.6) is 5.75 Å². The number of hydrogen-bond acceptors (Lipinski definition) is 4. The van der Waals surface area contributed by atoms with Crippen LogP contribution in [0.1, 0.15) is 11.6 Å². The van der Waals surface area contributed by atoms with E-state index in [1.807, 2.05) is 0 Å². The molecule has 0 amide bonds. The van der Waals surface area contributed by atoms with Crippen molar-refractivity contribution in [1.29, 1.82) is 0 Å². The fraction of sp³-hybridized carbons (Fsp3) is 0.364. The summed E-state index contributed by atoms with van der Waals surface area (Å²) in [6.45, 7) is 0. The van der Waals surface area contributed by atoms with Crippen molar-refractivity contribution >= 4 is 17.6 Å². The third-order valence-corrected chi connectivity index (χ3v) is 2.79. The summed E-state index contributed by atoms with van der Waals surface area (Å²) in [5, 5.41) is 12.2. The van der Waals surface area contributed by atoms with Gasteiger partial charge in [-0.1, -0.05) is 17.7 Å². The minimum absolute atomic E-state index is 0.419. The number of methoxy groups -OCH3 is 1. The Labute approximate surface area is 105 Å². The highest BCUT2D eigenvalue weighted by atomic mass is 35.5. The molecular weight excluding hydrogens is 244 g/mol. The van der Waals surface area contributed by atoms with Gasteiger partial charge >= 0.3 is 5.97 Å². The minimum Gasteiger partial charge on any atom is -0.495 e. The fourth-order valence-electron chi connectivity index (χ4n) is 1.57. The smallest absolute Gasteiger partial charge is 0.322 e. The average Bonchev–Trinajstić information content (AvgIpc) is 2.30. The summed E-state index contributed by atoms with van der Waals surface area (Å²) in [6.07, 6.45) is 0. The highest BCUT2D eigenvalue weighted by Crippen LogP contribution is 2.28. The largest absolute Gasteiger partial charge is 0.495 e. The predicted molar refractivity (Wildman–Crippen MR) is 65.4 cm³/mol. The molecule has 1 aromatic rings. The number of benzene rings is 1. The van der Waals surface area contributed by atoms with Gasteiger partial charge in [-0.05, 0) is 24.7 Å². The van der Waals surface area contributed by atoms with Gasteiger partial charge in [-0.25, -0.2) is 0 Å². The lowest BCUT2D eigenvalue weighted by Crippen LogP contribution is -2.42. The Kier molecular flexibility index (Phi) is 4.74. The van der Waals surface area contributed by atoms with Crippen molar-refractivity contribution in [3.05, 3.63) is 28.8 Å². The lowest BCUT2D eigenvalue weighted by Gasteiger charge is -2.21. The second-order valence-electron chi connectivity index (χ2n) is 3.52. The quantitative estimate of drug-likeness (QED) is 0.734. The van der Waals surface area contributed by atoms with E-state index in [2.05, 4.69) is 5.32 Å². The van der Waals surface area contributed by atoms with Crippen LogP contribution < -0.4 is 15.8 Å². The van der Waals surface area contributed by atoms with E-state index in [4.69, 9.17) is 27.2 Å². The highest BCUT2D eigenvalue weighted by Gasteiger charge is 2.24. The van der Waals surface area contributed by atoms with E-state index in [1.165, 1.54) is 7.11 Å². The van der Waals surface area contributed by atoms with Crippen molar-refractivity contribution < 1.29 is 14.6 Å². The number of likely N-dealkylation sites (N-methyl/N-ethyl adjacent to an activating group) is 1. The number of nitrogens with two attached hydrogens (primary N) is 1. The molecule has 0 spiro atoms. The van der Waals surface area contributed by atoms with Crippen LogP contribution in [-0.2, 0) is 4.79 Å². The third kappa shape index (κ3) is 3.09. The lowest BCUT2D eigenvalue weighted by molar-refractivity contribution is -0.139. The van der Waals surface area contributed by atoms with Crippen molar-refractivity contribution in [2.45, 2.75) is 12.1 Å². The maximum Gasteiger partial charge on any atom is 0.322 e. The monoisotopic (exact) mass is 258 g/mol. The van der Waals surface area contributed by atoms with Gasteiger partial charge in [0.15, 0.2) is 0 Å². The van der Waals surface area contributed by atoms with Gasteiger partial charge in [0, 0.05) is 0 Å². The Morgan fingerprint density at radius 1 is 1.59 bits per heavy atom. The van der Waals surface area contributed by atoms with Gasteiger partial charge < -0.3 is 20.9 Å². The van der Waals surface area contributed by atoms with E-state index in [0.29, 0.717) is 16.3 Å². The maximum absolute atomic E-state index is 10.9. The molecule has 17 heavy (non-hydrogen) atoms. The molecule has 94 valence electrons. The number of halogens is 1. The summed E-state index contributed by atoms with van der Waals surface area (Å²) in [7, 11) is 3.16. The standard InChI is InChI=1S/C11H15ClN2O3/c1-14-10(9(13)11(15)16)6-3-4-8(17-2)7(12)5-6/h3-5,9-10,14H,13H2,1-2H3,(H,15,16). The molecule has 4 N–H and O–H groups in total. The Bertz CT molecular complexity index is 412. The minimum atomic E-state index is -1.07. The van der Waals surface area contributed by atoms with Crippen LogP contribution in [0, 0.1) is 0 Å². The number of rotatable bonds is 5. The molecule has 0 radical (unpaired) electrons. The van der Waals surface area contributed by atoms with Crippen LogP contribution in [-0.4, -0.2) is 31.3 Å². The molecule has 1 aromatic carbocycles. The van der Waals surface area contributed by atoms with E-state index in [-0.39, 0.29) is 0 Å². The molecule has 0 aliphatic heterocycles. The molecule has 0 fully saturated rings. The zero-order valence-corrected chi connectivity index (χ0v) is 10.4. The highest BCUT2D eigenvalue weighted by molar-refractivity contribution is 6.32. The third-order valence-electron chi connectivity index (χ3n) is 2.49. The van der Waals surface area contributed by atoms with E-state index >= 15 is 0 Å². The zero-order chi connectivity index (χ0) is 13.0. The number of nitrogens with one attached hydrogen (secondary N) is 1. The Morgan fingerprint density at radius 3 is 2.65 bits per heavy atom. The molecule has 2 unspecified atom stereocenters. The fourth-order valence-corrected chi connectivity index (χ4v) is 1.84. The van der Waals surface area contributed by atoms with Crippen LogP contribution >= 0.6 is 11.6 Å². The van der Waals surface area contributed by atoms with E-state index in [0.717, 1.165) is 0 Å². The first-order valence-electron chi connectivity index (χ1n) is 5.00. The summed E-state index contributed by atoms with van der Waals surface area (Å²) in [5.74, 6) is -0.537. The molecule has 6 heteroatoms. The molecule has 1 rings (SSSR count). The topological polar surface area (TPSA) is 84.6 Å². The normalized spacial score (nSPS) is 14.1. The van der Waals surface area contributed by atoms with Gasteiger partial charge in [0.25, 0.3) is 0 Å². The van der Waals surface area contributed by atoms with Crippen molar-refractivity contribution in [2.24, 2.45) is 5.73 Å².